The van der Waals surface area contributed by atoms with E-state index in [9.17, 15) is 81.8 Å². The predicted octanol–water partition coefficient (Wildman–Crippen LogP) is 0.843. The summed E-state index contributed by atoms with van der Waals surface area (Å²) in [7, 11) is 0. The first-order valence-corrected chi connectivity index (χ1v) is 38.6. The van der Waals surface area contributed by atoms with Crippen molar-refractivity contribution in [1.29, 1.82) is 0 Å². The number of aliphatic carboxylic acids is 2. The van der Waals surface area contributed by atoms with E-state index in [2.05, 4.69) is 37.2 Å². The summed E-state index contributed by atoms with van der Waals surface area (Å²) in [6, 6.07) is -3.69. The molecule has 0 aliphatic carbocycles. The number of amides is 8. The van der Waals surface area contributed by atoms with E-state index in [0.717, 1.165) is 0 Å². The van der Waals surface area contributed by atoms with Crippen LogP contribution in [0.2, 0.25) is 0 Å². The van der Waals surface area contributed by atoms with Gasteiger partial charge in [-0.1, -0.05) is 13.8 Å². The molecule has 38 nitrogen and oxygen atoms in total. The molecule has 4 unspecified atom stereocenters. The van der Waals surface area contributed by atoms with Crippen LogP contribution in [0.4, 0.5) is 0 Å². The summed E-state index contributed by atoms with van der Waals surface area (Å²) >= 11 is 0. The fraction of sp³-hybridized carbons (Fsp3) is 0.787. The summed E-state index contributed by atoms with van der Waals surface area (Å²) in [4.78, 5) is 185. The van der Waals surface area contributed by atoms with Gasteiger partial charge in [0, 0.05) is 122 Å². The highest BCUT2D eigenvalue weighted by Gasteiger charge is 2.25. The predicted molar refractivity (Wildman–Crippen MR) is 408 cm³/mol. The summed E-state index contributed by atoms with van der Waals surface area (Å²) in [5, 5.41) is 35.7. The Labute approximate surface area is 663 Å². The number of hydrogen-bond acceptors (Lipinski definition) is 28. The minimum atomic E-state index is -1.26. The first-order chi connectivity index (χ1) is 53.8. The van der Waals surface area contributed by atoms with Crippen molar-refractivity contribution < 1.29 is 144 Å². The van der Waals surface area contributed by atoms with Crippen LogP contribution >= 0.6 is 0 Å². The number of primary amides is 1. The molecule has 0 saturated carbocycles. The number of nitrogens with two attached hydrogens (primary N) is 1. The van der Waals surface area contributed by atoms with Gasteiger partial charge in [0.15, 0.2) is 17.3 Å². The number of Topliss-reactive ketones (excluding diaryl/α,β-unsaturated/α-hetero) is 6. The number of nitrogens with one attached hydrogen (secondary N) is 7. The van der Waals surface area contributed by atoms with Crippen molar-refractivity contribution in [1.82, 2.24) is 37.2 Å². The zero-order valence-electron chi connectivity index (χ0n) is 68.0. The molecule has 652 valence electrons. The largest absolute Gasteiger partial charge is 0.480 e. The van der Waals surface area contributed by atoms with Crippen molar-refractivity contribution in [2.24, 2.45) is 5.73 Å². The van der Waals surface area contributed by atoms with Crippen molar-refractivity contribution >= 4 is 93.9 Å². The summed E-state index contributed by atoms with van der Waals surface area (Å²) in [6.45, 7) is 24.5. The van der Waals surface area contributed by atoms with Crippen LogP contribution in [0.3, 0.4) is 0 Å². The fourth-order valence-electron chi connectivity index (χ4n) is 9.04. The Morgan fingerprint density at radius 3 is 0.903 bits per heavy atom. The van der Waals surface area contributed by atoms with Crippen molar-refractivity contribution in [3.8, 4) is 0 Å². The maximum Gasteiger partial charge on any atom is 0.326 e. The van der Waals surface area contributed by atoms with E-state index in [1.165, 1.54) is 20.8 Å². The third-order valence-corrected chi connectivity index (χ3v) is 14.9. The second kappa shape index (κ2) is 75.6. The van der Waals surface area contributed by atoms with Crippen molar-refractivity contribution in [2.75, 3.05) is 165 Å². The quantitative estimate of drug-likeness (QED) is 0.0377. The third kappa shape index (κ3) is 77.9. The van der Waals surface area contributed by atoms with Crippen molar-refractivity contribution in [3.63, 3.8) is 0 Å². The monoisotopic (exact) mass is 1620 g/mol. The van der Waals surface area contributed by atoms with Gasteiger partial charge >= 0.3 is 11.9 Å². The van der Waals surface area contributed by atoms with Crippen LogP contribution in [0.5, 0.6) is 0 Å². The summed E-state index contributed by atoms with van der Waals surface area (Å²) in [5.74, 6) is -6.83. The molecule has 8 amide bonds. The number of ether oxygens (including phenoxy) is 12. The number of carboxylic acid groups (broad SMARTS) is 2. The number of carboxylic acids is 2. The van der Waals surface area contributed by atoms with Crippen LogP contribution in [0.15, 0.2) is 0 Å². The third-order valence-electron chi connectivity index (χ3n) is 14.9. The van der Waals surface area contributed by atoms with Gasteiger partial charge in [0.1, 0.15) is 29.4 Å². The van der Waals surface area contributed by atoms with Crippen LogP contribution in [-0.2, 0) is 134 Å². The highest BCUT2D eigenvalue weighted by atomic mass is 16.6. The van der Waals surface area contributed by atoms with E-state index in [-0.39, 0.29) is 186 Å². The highest BCUT2D eigenvalue weighted by molar-refractivity contribution is 5.93. The molecule has 0 fully saturated rings. The van der Waals surface area contributed by atoms with Gasteiger partial charge in [-0.05, 0) is 66.7 Å². The lowest BCUT2D eigenvalue weighted by atomic mass is 10.0. The average molecular weight is 1630 g/mol. The highest BCUT2D eigenvalue weighted by Crippen LogP contribution is 2.10. The molecule has 0 aromatic carbocycles. The van der Waals surface area contributed by atoms with E-state index in [0.29, 0.717) is 171 Å². The van der Waals surface area contributed by atoms with E-state index in [1.54, 1.807) is 13.8 Å². The fourth-order valence-corrected chi connectivity index (χ4v) is 9.04. The van der Waals surface area contributed by atoms with Crippen molar-refractivity contribution in [2.45, 2.75) is 221 Å². The van der Waals surface area contributed by atoms with Gasteiger partial charge in [-0.25, -0.2) is 9.59 Å². The molecule has 0 spiro atoms. The molecule has 0 aromatic heterocycles. The van der Waals surface area contributed by atoms with Gasteiger partial charge in [0.2, 0.25) is 47.3 Å². The maximum absolute atomic E-state index is 12.8. The Hall–Kier alpha value is -7.76. The number of carbonyl (C=O) groups is 16. The van der Waals surface area contributed by atoms with Crippen LogP contribution in [0.1, 0.15) is 184 Å². The normalized spacial score (nSPS) is 12.0. The molecule has 0 bridgehead atoms. The van der Waals surface area contributed by atoms with Gasteiger partial charge in [0.05, 0.1) is 171 Å². The lowest BCUT2D eigenvalue weighted by molar-refractivity contribution is -0.142. The SMILES string of the molecule is CC(=O)CCC(NC(C)=O)C(=O)CCC(=O)NC(C)C.CCC(=O)NC(CCC(=O)CCC(=O)NCC(=O)CCC(NC(C)=O)C(=O)CCCOCCOCCOCCOCCOCCOCCOCCOCCOCCOCCOCCOCCC(=O)NC(C)C)C(=O)O.CCC(=O)NC(CCC(=O)CCC(N)=O)C(=O)O. The first kappa shape index (κ1) is 109. The lowest BCUT2D eigenvalue weighted by Gasteiger charge is -2.16. The van der Waals surface area contributed by atoms with E-state index >= 15 is 0 Å². The average Bonchev–Trinajstić information content (AvgIpc) is 0.934. The molecular formula is C75H132N8O30. The molecule has 4 atom stereocenters. The van der Waals surface area contributed by atoms with Crippen LogP contribution < -0.4 is 43.0 Å². The zero-order valence-corrected chi connectivity index (χ0v) is 68.0. The standard InChI is InChI=1S/C50H90N4O21.C14H24N2O4.C11H18N2O5/c1-5-47(59)54-45(50(62)63)12-8-42(56)10-13-48(60)51-39-43(57)9-11-44(53-41(4)55)46(58)7-6-15-64-17-19-66-21-23-68-25-27-70-29-31-72-33-35-74-37-38-75-36-34-73-32-30-71-28-26-69-24-22-67-20-18-65-16-14-49(61)52-40(2)3;1-9(2)15-14(20)8-7-13(19)12(16-11(4)18)6-5-10(3)17;1-2-10(16)13-8(11(17)18)5-3-7(14)4-6-9(12)15/h40,44-45H,5-39H2,1-4H3,(H,51,60)(H,52,61)(H,53,55)(H,54,59)(H,62,63);9,12H,5-8H2,1-4H3,(H,15,20)(H,16,18);8H,2-6H2,1H3,(H2,12,15)(H,13,16)(H,17,18). The van der Waals surface area contributed by atoms with Crippen molar-refractivity contribution in [3.05, 3.63) is 0 Å². The van der Waals surface area contributed by atoms with E-state index in [1.807, 2.05) is 27.7 Å². The molecule has 0 aliphatic heterocycles. The lowest BCUT2D eigenvalue weighted by Crippen LogP contribution is -2.40. The van der Waals surface area contributed by atoms with E-state index < -0.39 is 59.7 Å². The summed E-state index contributed by atoms with van der Waals surface area (Å²) < 4.78 is 65.7. The van der Waals surface area contributed by atoms with Crippen LogP contribution in [0.25, 0.3) is 0 Å². The number of hydrogen-bond donors (Lipinski definition) is 10. The van der Waals surface area contributed by atoms with Gasteiger partial charge in [0.25, 0.3) is 0 Å². The van der Waals surface area contributed by atoms with Gasteiger partial charge in [-0.15, -0.1) is 0 Å². The zero-order chi connectivity index (χ0) is 85.2. The molecule has 0 rings (SSSR count). The molecule has 38 heteroatoms. The molecule has 113 heavy (non-hydrogen) atoms. The van der Waals surface area contributed by atoms with E-state index in [4.69, 9.17) is 67.7 Å². The van der Waals surface area contributed by atoms with Crippen LogP contribution in [-0.4, -0.2) is 305 Å². The Bertz CT molecular complexity index is 2710. The topological polar surface area (TPSA) is 535 Å². The Morgan fingerprint density at radius 2 is 0.584 bits per heavy atom. The maximum atomic E-state index is 12.8. The molecule has 0 radical (unpaired) electrons. The smallest absolute Gasteiger partial charge is 0.326 e. The molecule has 0 saturated heterocycles. The minimum absolute atomic E-state index is 0.00337. The second-order valence-corrected chi connectivity index (χ2v) is 25.9. The van der Waals surface area contributed by atoms with Gasteiger partial charge < -0.3 is 115 Å². The molecular weight excluding hydrogens is 1490 g/mol. The molecule has 0 aliphatic rings. The summed E-state index contributed by atoms with van der Waals surface area (Å²) in [6.07, 6.45) is 1.12. The Kier molecular flexibility index (Phi) is 73.2. The van der Waals surface area contributed by atoms with Crippen LogP contribution in [0, 0.1) is 0 Å². The Balaban J connectivity index is -0.00000256. The number of ketones is 6. The Morgan fingerprint density at radius 1 is 0.292 bits per heavy atom. The molecule has 0 aromatic rings. The second-order valence-electron chi connectivity index (χ2n) is 25.9. The number of carbonyl (C=O) groups excluding carboxylic acids is 14. The van der Waals surface area contributed by atoms with Gasteiger partial charge in [-0.3, -0.25) is 62.3 Å². The molecule has 0 heterocycles. The minimum Gasteiger partial charge on any atom is -0.480 e. The number of rotatable bonds is 75. The first-order valence-electron chi connectivity index (χ1n) is 38.6. The van der Waals surface area contributed by atoms with Gasteiger partial charge in [-0.2, -0.15) is 0 Å². The summed E-state index contributed by atoms with van der Waals surface area (Å²) in [5.41, 5.74) is 4.89. The molecule has 11 N–H and O–H groups in total.